The van der Waals surface area contributed by atoms with Gasteiger partial charge >= 0.3 is 6.18 Å². The van der Waals surface area contributed by atoms with Gasteiger partial charge in [-0.15, -0.1) is 0 Å². The second kappa shape index (κ2) is 7.56. The molecule has 2 rings (SSSR count). The normalized spacial score (nSPS) is 11.5. The van der Waals surface area contributed by atoms with Crippen LogP contribution in [-0.4, -0.2) is 28.9 Å². The molecule has 0 spiro atoms. The molecular weight excluding hydrogens is 339 g/mol. The molecule has 9 heteroatoms. The van der Waals surface area contributed by atoms with Gasteiger partial charge in [-0.2, -0.15) is 18.3 Å². The van der Waals surface area contributed by atoms with Crippen LogP contribution in [0.4, 0.5) is 18.9 Å². The Bertz CT molecular complexity index is 792. The summed E-state index contributed by atoms with van der Waals surface area (Å²) in [5.41, 5.74) is 1.95. The van der Waals surface area contributed by atoms with Gasteiger partial charge in [-0.3, -0.25) is 4.79 Å². The van der Waals surface area contributed by atoms with Crippen molar-refractivity contribution in [1.82, 2.24) is 5.43 Å². The number of anilines is 1. The number of alkyl halides is 3. The molecule has 25 heavy (non-hydrogen) atoms. The highest BCUT2D eigenvalue weighted by molar-refractivity contribution is 5.84. The molecular formula is C16H14F3N3O3. The molecule has 0 saturated heterocycles. The summed E-state index contributed by atoms with van der Waals surface area (Å²) >= 11 is 0. The van der Waals surface area contributed by atoms with Gasteiger partial charge < -0.3 is 15.5 Å². The van der Waals surface area contributed by atoms with E-state index in [-0.39, 0.29) is 23.7 Å². The molecule has 6 nitrogen and oxygen atoms in total. The third kappa shape index (κ3) is 5.41. The molecule has 1 amide bonds. The van der Waals surface area contributed by atoms with Crippen molar-refractivity contribution >= 4 is 17.8 Å². The van der Waals surface area contributed by atoms with Crippen molar-refractivity contribution in [3.8, 4) is 11.5 Å². The van der Waals surface area contributed by atoms with E-state index in [0.717, 1.165) is 12.1 Å². The predicted molar refractivity (Wildman–Crippen MR) is 85.4 cm³/mol. The summed E-state index contributed by atoms with van der Waals surface area (Å²) in [5, 5.41) is 24.7. The second-order valence-corrected chi connectivity index (χ2v) is 4.97. The molecule has 0 saturated carbocycles. The van der Waals surface area contributed by atoms with Crippen LogP contribution in [0.5, 0.6) is 11.5 Å². The number of hydrazone groups is 1. The number of phenolic OH excluding ortho intramolecular Hbond substituents is 2. The van der Waals surface area contributed by atoms with Crippen molar-refractivity contribution in [2.75, 3.05) is 11.9 Å². The summed E-state index contributed by atoms with van der Waals surface area (Å²) in [4.78, 5) is 11.6. The van der Waals surface area contributed by atoms with Crippen LogP contribution in [0.15, 0.2) is 47.6 Å². The Hall–Kier alpha value is -3.23. The van der Waals surface area contributed by atoms with E-state index in [1.165, 1.54) is 36.5 Å². The first kappa shape index (κ1) is 18.1. The van der Waals surface area contributed by atoms with Gasteiger partial charge in [0.05, 0.1) is 18.3 Å². The zero-order valence-corrected chi connectivity index (χ0v) is 12.7. The SMILES string of the molecule is O=C(CNc1cccc(C(F)(F)F)c1)N/N=C\c1ccc(O)c(O)c1. The van der Waals surface area contributed by atoms with Crippen molar-refractivity contribution in [2.45, 2.75) is 6.18 Å². The largest absolute Gasteiger partial charge is 0.504 e. The smallest absolute Gasteiger partial charge is 0.416 e. The topological polar surface area (TPSA) is 94.0 Å². The van der Waals surface area contributed by atoms with Crippen molar-refractivity contribution in [2.24, 2.45) is 5.10 Å². The molecule has 0 atom stereocenters. The number of rotatable bonds is 5. The van der Waals surface area contributed by atoms with E-state index in [1.807, 2.05) is 0 Å². The van der Waals surface area contributed by atoms with Gasteiger partial charge in [0, 0.05) is 5.69 Å². The van der Waals surface area contributed by atoms with E-state index in [4.69, 9.17) is 5.11 Å². The summed E-state index contributed by atoms with van der Waals surface area (Å²) in [6.07, 6.45) is -3.22. The molecule has 0 heterocycles. The standard InChI is InChI=1S/C16H14F3N3O3/c17-16(18,19)11-2-1-3-12(7-11)20-9-15(25)22-21-8-10-4-5-13(23)14(24)6-10/h1-8,20,23-24H,9H2,(H,22,25)/b21-8-. The maximum Gasteiger partial charge on any atom is 0.416 e. The van der Waals surface area contributed by atoms with E-state index in [0.29, 0.717) is 5.56 Å². The second-order valence-electron chi connectivity index (χ2n) is 4.97. The number of nitrogens with one attached hydrogen (secondary N) is 2. The number of carbonyl (C=O) groups is 1. The van der Waals surface area contributed by atoms with Gasteiger partial charge in [-0.1, -0.05) is 6.07 Å². The number of nitrogens with zero attached hydrogens (tertiary/aromatic N) is 1. The van der Waals surface area contributed by atoms with E-state index in [1.54, 1.807) is 0 Å². The number of carbonyl (C=O) groups excluding carboxylic acids is 1. The van der Waals surface area contributed by atoms with Crippen molar-refractivity contribution in [3.63, 3.8) is 0 Å². The Kier molecular flexibility index (Phi) is 5.48. The molecule has 0 unspecified atom stereocenters. The maximum atomic E-state index is 12.6. The minimum atomic E-state index is -4.46. The lowest BCUT2D eigenvalue weighted by atomic mass is 10.2. The number of benzene rings is 2. The minimum absolute atomic E-state index is 0.150. The zero-order valence-electron chi connectivity index (χ0n) is 12.7. The Morgan fingerprint density at radius 3 is 2.56 bits per heavy atom. The molecule has 0 radical (unpaired) electrons. The van der Waals surface area contributed by atoms with E-state index in [2.05, 4.69) is 15.8 Å². The van der Waals surface area contributed by atoms with Crippen LogP contribution in [0.3, 0.4) is 0 Å². The van der Waals surface area contributed by atoms with E-state index in [9.17, 15) is 23.1 Å². The maximum absolute atomic E-state index is 12.6. The van der Waals surface area contributed by atoms with Crippen LogP contribution >= 0.6 is 0 Å². The number of phenols is 2. The fourth-order valence-corrected chi connectivity index (χ4v) is 1.83. The Labute approximate surface area is 140 Å². The molecule has 0 aliphatic heterocycles. The summed E-state index contributed by atoms with van der Waals surface area (Å²) in [5.74, 6) is -1.19. The molecule has 0 aliphatic carbocycles. The first-order valence-corrected chi connectivity index (χ1v) is 7.01. The molecule has 0 fully saturated rings. The van der Waals surface area contributed by atoms with Gasteiger partial charge in [0.2, 0.25) is 0 Å². The number of hydrogen-bond donors (Lipinski definition) is 4. The average Bonchev–Trinajstić information content (AvgIpc) is 2.56. The first-order chi connectivity index (χ1) is 11.8. The Balaban J connectivity index is 1.86. The van der Waals surface area contributed by atoms with Gasteiger partial charge in [-0.05, 0) is 42.0 Å². The highest BCUT2D eigenvalue weighted by atomic mass is 19.4. The Morgan fingerprint density at radius 1 is 1.12 bits per heavy atom. The fourth-order valence-electron chi connectivity index (χ4n) is 1.83. The number of halogens is 3. The summed E-state index contributed by atoms with van der Waals surface area (Å²) in [7, 11) is 0. The molecule has 2 aromatic carbocycles. The highest BCUT2D eigenvalue weighted by Gasteiger charge is 2.30. The van der Waals surface area contributed by atoms with Crippen LogP contribution < -0.4 is 10.7 Å². The van der Waals surface area contributed by atoms with Gasteiger partial charge in [0.25, 0.3) is 5.91 Å². The predicted octanol–water partition coefficient (Wildman–Crippen LogP) is 2.68. The van der Waals surface area contributed by atoms with Crippen molar-refractivity contribution in [3.05, 3.63) is 53.6 Å². The molecule has 4 N–H and O–H groups in total. The lowest BCUT2D eigenvalue weighted by Crippen LogP contribution is -2.26. The van der Waals surface area contributed by atoms with Gasteiger partial charge in [-0.25, -0.2) is 5.43 Å². The quantitative estimate of drug-likeness (QED) is 0.378. The molecule has 132 valence electrons. The zero-order chi connectivity index (χ0) is 18.4. The van der Waals surface area contributed by atoms with Crippen LogP contribution in [0.2, 0.25) is 0 Å². The van der Waals surface area contributed by atoms with E-state index >= 15 is 0 Å². The van der Waals surface area contributed by atoms with Crippen LogP contribution in [0.1, 0.15) is 11.1 Å². The molecule has 0 aromatic heterocycles. The van der Waals surface area contributed by atoms with Crippen LogP contribution in [-0.2, 0) is 11.0 Å². The van der Waals surface area contributed by atoms with E-state index < -0.39 is 17.6 Å². The monoisotopic (exact) mass is 353 g/mol. The Morgan fingerprint density at radius 2 is 1.88 bits per heavy atom. The van der Waals surface area contributed by atoms with Gasteiger partial charge in [0.1, 0.15) is 0 Å². The van der Waals surface area contributed by atoms with Crippen LogP contribution in [0, 0.1) is 0 Å². The summed E-state index contributed by atoms with van der Waals surface area (Å²) in [6, 6.07) is 8.44. The lowest BCUT2D eigenvalue weighted by Gasteiger charge is -2.10. The highest BCUT2D eigenvalue weighted by Crippen LogP contribution is 2.30. The molecule has 0 aliphatic rings. The lowest BCUT2D eigenvalue weighted by molar-refractivity contribution is -0.137. The first-order valence-electron chi connectivity index (χ1n) is 7.01. The van der Waals surface area contributed by atoms with Gasteiger partial charge in [0.15, 0.2) is 11.5 Å². The fraction of sp³-hybridized carbons (Fsp3) is 0.125. The van der Waals surface area contributed by atoms with Crippen molar-refractivity contribution < 1.29 is 28.2 Å². The number of amides is 1. The molecule has 2 aromatic rings. The van der Waals surface area contributed by atoms with Crippen LogP contribution in [0.25, 0.3) is 0 Å². The molecule has 0 bridgehead atoms. The third-order valence-corrected chi connectivity index (χ3v) is 3.05. The third-order valence-electron chi connectivity index (χ3n) is 3.05. The number of aromatic hydroxyl groups is 2. The summed E-state index contributed by atoms with van der Waals surface area (Å²) < 4.78 is 37.8. The van der Waals surface area contributed by atoms with Crippen molar-refractivity contribution in [1.29, 1.82) is 0 Å². The average molecular weight is 353 g/mol. The number of hydrogen-bond acceptors (Lipinski definition) is 5. The minimum Gasteiger partial charge on any atom is -0.504 e. The summed E-state index contributed by atoms with van der Waals surface area (Å²) in [6.45, 7) is -0.278.